The first-order valence-electron chi connectivity index (χ1n) is 22.8. The third-order valence-corrected chi connectivity index (χ3v) is 30.0. The lowest BCUT2D eigenvalue weighted by molar-refractivity contribution is -0.215. The van der Waals surface area contributed by atoms with Crippen molar-refractivity contribution in [1.29, 1.82) is 0 Å². The number of Topliss-reactive ketones (excluding diaryl/α,β-unsaturated/α-hetero) is 1. The first-order chi connectivity index (χ1) is 27.7. The minimum Gasteiger partial charge on any atom is -0.455 e. The average molecular weight is 871 g/mol. The van der Waals surface area contributed by atoms with Gasteiger partial charge >= 0.3 is 11.9 Å². The number of carbonyl (C=O) groups is 3. The van der Waals surface area contributed by atoms with Gasteiger partial charge in [0.05, 0.1) is 29.3 Å². The normalized spacial score (nSPS) is 30.0. The first-order valence-corrected chi connectivity index (χ1v) is 30.4. The minimum atomic E-state index is -2.45. The van der Waals surface area contributed by atoms with Gasteiger partial charge in [-0.05, 0) is 97.1 Å². The number of esters is 2. The fourth-order valence-corrected chi connectivity index (χ4v) is 19.7. The Labute approximate surface area is 359 Å². The molecule has 8 atom stereocenters. The topological polar surface area (TPSA) is 118 Å². The number of ether oxygens (including phenoxy) is 2. The highest BCUT2D eigenvalue weighted by Crippen LogP contribution is 2.62. The van der Waals surface area contributed by atoms with Gasteiger partial charge in [-0.15, -0.1) is 0 Å². The molecule has 332 valence electrons. The number of fused-ring (bicyclic) bond motifs is 3. The van der Waals surface area contributed by atoms with Crippen molar-refractivity contribution in [2.45, 2.75) is 200 Å². The summed E-state index contributed by atoms with van der Waals surface area (Å²) in [6.07, 6.45) is -4.04. The van der Waals surface area contributed by atoms with E-state index < -0.39 is 89.8 Å². The van der Waals surface area contributed by atoms with Crippen LogP contribution in [0.25, 0.3) is 0 Å². The van der Waals surface area contributed by atoms with Gasteiger partial charge in [0.25, 0.3) is 0 Å². The van der Waals surface area contributed by atoms with E-state index in [1.807, 2.05) is 33.8 Å². The van der Waals surface area contributed by atoms with Crippen LogP contribution in [0.2, 0.25) is 54.4 Å². The summed E-state index contributed by atoms with van der Waals surface area (Å²) in [4.78, 5) is 44.2. The molecule has 0 saturated heterocycles. The molecule has 0 unspecified atom stereocenters. The van der Waals surface area contributed by atoms with Crippen molar-refractivity contribution < 1.29 is 42.2 Å². The van der Waals surface area contributed by atoms with Gasteiger partial charge in [-0.25, -0.2) is 4.79 Å². The van der Waals surface area contributed by atoms with Crippen molar-refractivity contribution in [3.8, 4) is 0 Å². The predicted molar refractivity (Wildman–Crippen MR) is 244 cm³/mol. The average Bonchev–Trinajstić information content (AvgIpc) is 3.23. The molecule has 1 aromatic carbocycles. The van der Waals surface area contributed by atoms with Crippen LogP contribution in [0.5, 0.6) is 0 Å². The molecular formula is C47H78O9Si3. The number of carbonyl (C=O) groups excluding carboxylic acids is 3. The lowest BCUT2D eigenvalue weighted by Gasteiger charge is -2.63. The van der Waals surface area contributed by atoms with E-state index in [1.54, 1.807) is 24.3 Å². The quantitative estimate of drug-likeness (QED) is 0.0874. The Kier molecular flexibility index (Phi) is 16.0. The van der Waals surface area contributed by atoms with Gasteiger partial charge in [0.1, 0.15) is 11.7 Å². The Bertz CT molecular complexity index is 1670. The van der Waals surface area contributed by atoms with Gasteiger partial charge in [-0.1, -0.05) is 101 Å². The van der Waals surface area contributed by atoms with Gasteiger partial charge in [0.2, 0.25) is 0 Å². The molecule has 0 heterocycles. The summed E-state index contributed by atoms with van der Waals surface area (Å²) in [7, 11) is -7.10. The minimum absolute atomic E-state index is 0.101. The number of hydrogen-bond donors (Lipinski definition) is 1. The van der Waals surface area contributed by atoms with Crippen molar-refractivity contribution in [1.82, 2.24) is 0 Å². The van der Waals surface area contributed by atoms with E-state index in [9.17, 15) is 14.7 Å². The van der Waals surface area contributed by atoms with Gasteiger partial charge in [0.15, 0.2) is 36.8 Å². The molecule has 3 aliphatic rings. The van der Waals surface area contributed by atoms with Crippen LogP contribution in [0.4, 0.5) is 0 Å². The molecular weight excluding hydrogens is 793 g/mol. The van der Waals surface area contributed by atoms with Crippen molar-refractivity contribution >= 4 is 42.7 Å². The lowest BCUT2D eigenvalue weighted by Crippen LogP contribution is -2.73. The highest BCUT2D eigenvalue weighted by Gasteiger charge is 2.71. The fourth-order valence-electron chi connectivity index (χ4n) is 11.0. The molecule has 0 aliphatic heterocycles. The zero-order valence-corrected chi connectivity index (χ0v) is 42.0. The van der Waals surface area contributed by atoms with Crippen molar-refractivity contribution in [3.05, 3.63) is 59.2 Å². The highest BCUT2D eigenvalue weighted by molar-refractivity contribution is 6.74. The SMILES string of the molecule is C=C1[C@H](O[Si](CC)(CC)CC)C[C@H](O[Si](CC)(CC)CC)[C@@]2(C)C(=O)[C@H](OC(C)=O)C3=C(C)[C@@H](O[Si](CC)(CC)CC)C[C@@](O)([C@@H](OC(=O)c4ccccc4)[C@H]12)C3(C)C. The van der Waals surface area contributed by atoms with E-state index in [4.69, 9.17) is 29.3 Å². The number of aliphatic hydroxyl groups is 1. The zero-order valence-electron chi connectivity index (χ0n) is 39.0. The molecule has 3 aliphatic carbocycles. The smallest absolute Gasteiger partial charge is 0.338 e. The largest absolute Gasteiger partial charge is 0.455 e. The molecule has 0 spiro atoms. The van der Waals surface area contributed by atoms with Crippen molar-refractivity contribution in [2.75, 3.05) is 0 Å². The van der Waals surface area contributed by atoms with Gasteiger partial charge in [-0.3, -0.25) is 9.59 Å². The second-order valence-corrected chi connectivity index (χ2v) is 32.7. The summed E-state index contributed by atoms with van der Waals surface area (Å²) in [5.74, 6) is -2.53. The molecule has 0 radical (unpaired) electrons. The Morgan fingerprint density at radius 3 is 1.66 bits per heavy atom. The zero-order chi connectivity index (χ0) is 44.4. The van der Waals surface area contributed by atoms with Crippen LogP contribution in [0.3, 0.4) is 0 Å². The molecule has 1 N–H and O–H groups in total. The Morgan fingerprint density at radius 2 is 1.20 bits per heavy atom. The third kappa shape index (κ3) is 8.76. The maximum atomic E-state index is 16.3. The molecule has 9 nitrogen and oxygen atoms in total. The second-order valence-electron chi connectivity index (χ2n) is 18.5. The second kappa shape index (κ2) is 19.0. The molecule has 12 heteroatoms. The summed E-state index contributed by atoms with van der Waals surface area (Å²) in [6.45, 7) is 33.3. The Hall–Kier alpha value is -2.20. The summed E-state index contributed by atoms with van der Waals surface area (Å²) in [5, 5.41) is 14.1. The number of benzene rings is 1. The summed E-state index contributed by atoms with van der Waals surface area (Å²) < 4.78 is 35.3. The van der Waals surface area contributed by atoms with Gasteiger partial charge in [0, 0.05) is 31.1 Å². The van der Waals surface area contributed by atoms with Crippen LogP contribution in [-0.2, 0) is 32.3 Å². The van der Waals surface area contributed by atoms with Crippen LogP contribution >= 0.6 is 0 Å². The van der Waals surface area contributed by atoms with Crippen LogP contribution < -0.4 is 0 Å². The molecule has 4 rings (SSSR count). The van der Waals surface area contributed by atoms with Crippen LogP contribution in [0.1, 0.15) is 120 Å². The third-order valence-electron chi connectivity index (χ3n) is 16.0. The number of ketones is 1. The van der Waals surface area contributed by atoms with Crippen molar-refractivity contribution in [3.63, 3.8) is 0 Å². The molecule has 2 saturated carbocycles. The molecule has 0 aromatic heterocycles. The monoisotopic (exact) mass is 870 g/mol. The molecule has 1 aromatic rings. The standard InChI is InChI=1S/C47H78O9Si3/c1-16-57(17-2,18-3)54-36-30-38(56-59(22-7,23-8)24-9)46(15)40(32(36)10)43(53-44(50)35-28-26-25-27-29-35)47(51)31-37(55-58(19-4,20-5)21-6)33(11)39(45(47,13)14)41(42(46)49)52-34(12)48/h25-29,36-38,40-41,43,51H,10,16-24,30-31H2,1-9,11-15H3/t36-,37+,38+,40+,41-,43+,46-,47-/m1/s1. The molecule has 2 bridgehead atoms. The molecule has 2 fully saturated rings. The predicted octanol–water partition coefficient (Wildman–Crippen LogP) is 11.0. The summed E-state index contributed by atoms with van der Waals surface area (Å²) >= 11 is 0. The van der Waals surface area contributed by atoms with E-state index in [2.05, 4.69) is 62.3 Å². The lowest BCUT2D eigenvalue weighted by atomic mass is 9.47. The molecule has 0 amide bonds. The number of rotatable bonds is 18. The maximum absolute atomic E-state index is 16.3. The van der Waals surface area contributed by atoms with Crippen LogP contribution in [0.15, 0.2) is 53.6 Å². The van der Waals surface area contributed by atoms with E-state index in [0.717, 1.165) is 60.0 Å². The van der Waals surface area contributed by atoms with Crippen LogP contribution in [-0.4, -0.2) is 83.9 Å². The van der Waals surface area contributed by atoms with Crippen LogP contribution in [0, 0.1) is 16.7 Å². The Morgan fingerprint density at radius 1 is 0.746 bits per heavy atom. The van der Waals surface area contributed by atoms with E-state index in [1.165, 1.54) is 6.92 Å². The van der Waals surface area contributed by atoms with E-state index in [-0.39, 0.29) is 12.2 Å². The maximum Gasteiger partial charge on any atom is 0.338 e. The van der Waals surface area contributed by atoms with Gasteiger partial charge < -0.3 is 27.9 Å². The first kappa shape index (κ1) is 49.5. The van der Waals surface area contributed by atoms with E-state index in [0.29, 0.717) is 23.1 Å². The molecule has 59 heavy (non-hydrogen) atoms. The fraction of sp³-hybridized carbons (Fsp3) is 0.723. The highest BCUT2D eigenvalue weighted by atomic mass is 28.4. The van der Waals surface area contributed by atoms with Crippen molar-refractivity contribution in [2.24, 2.45) is 16.7 Å². The number of hydrogen-bond acceptors (Lipinski definition) is 9. The van der Waals surface area contributed by atoms with Gasteiger partial charge in [-0.2, -0.15) is 0 Å². The Balaban J connectivity index is 2.20. The summed E-state index contributed by atoms with van der Waals surface area (Å²) in [6, 6.07) is 16.6. The summed E-state index contributed by atoms with van der Waals surface area (Å²) in [5.41, 5.74) is -2.34. The van der Waals surface area contributed by atoms with E-state index >= 15 is 4.79 Å².